The molecule has 3 nitrogen and oxygen atoms in total. The van der Waals surface area contributed by atoms with Crippen molar-refractivity contribution in [3.8, 4) is 0 Å². The summed E-state index contributed by atoms with van der Waals surface area (Å²) in [7, 11) is 2.18. The highest BCUT2D eigenvalue weighted by molar-refractivity contribution is 6.09. The quantitative estimate of drug-likeness (QED) is 0.333. The Hall–Kier alpha value is -3.72. The van der Waals surface area contributed by atoms with Gasteiger partial charge in [-0.05, 0) is 61.1 Å². The van der Waals surface area contributed by atoms with Gasteiger partial charge in [-0.3, -0.25) is 0 Å². The van der Waals surface area contributed by atoms with Crippen LogP contribution in [-0.4, -0.2) is 18.6 Å². The zero-order valence-electron chi connectivity index (χ0n) is 19.6. The summed E-state index contributed by atoms with van der Waals surface area (Å²) in [4.78, 5) is 4.68. The molecule has 2 aliphatic rings. The number of hydrogen-bond acceptors (Lipinski definition) is 3. The van der Waals surface area contributed by atoms with Gasteiger partial charge in [-0.25, -0.2) is 0 Å². The lowest BCUT2D eigenvalue weighted by atomic mass is 9.93. The van der Waals surface area contributed by atoms with Gasteiger partial charge in [0.15, 0.2) is 5.58 Å². The van der Waals surface area contributed by atoms with Crippen molar-refractivity contribution in [1.82, 2.24) is 4.90 Å². The van der Waals surface area contributed by atoms with E-state index in [2.05, 4.69) is 105 Å². The topological polar surface area (TPSA) is 19.6 Å². The van der Waals surface area contributed by atoms with E-state index in [0.717, 1.165) is 29.9 Å². The Morgan fingerprint density at radius 1 is 0.879 bits per heavy atom. The molecule has 2 heterocycles. The van der Waals surface area contributed by atoms with Crippen LogP contribution in [0.1, 0.15) is 34.2 Å². The number of nitrogens with zero attached hydrogens (tertiary/aromatic N) is 2. The fourth-order valence-electron chi connectivity index (χ4n) is 5.43. The van der Waals surface area contributed by atoms with E-state index in [1.807, 2.05) is 6.07 Å². The van der Waals surface area contributed by atoms with Gasteiger partial charge in [0.2, 0.25) is 0 Å². The van der Waals surface area contributed by atoms with Crippen LogP contribution in [0.5, 0.6) is 0 Å². The van der Waals surface area contributed by atoms with Gasteiger partial charge in [0.1, 0.15) is 5.58 Å². The summed E-state index contributed by atoms with van der Waals surface area (Å²) < 4.78 is 6.37. The molecular formula is C30H28N2O. The second-order valence-corrected chi connectivity index (χ2v) is 9.34. The Morgan fingerprint density at radius 3 is 2.42 bits per heavy atom. The van der Waals surface area contributed by atoms with Gasteiger partial charge in [0.25, 0.3) is 0 Å². The summed E-state index contributed by atoms with van der Waals surface area (Å²) in [5.74, 6) is 0. The molecule has 0 N–H and O–H groups in total. The fourth-order valence-corrected chi connectivity index (χ4v) is 5.43. The first kappa shape index (κ1) is 19.9. The van der Waals surface area contributed by atoms with Crippen molar-refractivity contribution in [3.05, 3.63) is 101 Å². The highest BCUT2D eigenvalue weighted by Crippen LogP contribution is 2.41. The van der Waals surface area contributed by atoms with Crippen molar-refractivity contribution >= 4 is 38.9 Å². The SMILES string of the molecule is Cc1cc(C2=CC=CC2)cc(C)c1C1=CN(c2c(C)ccc3c2oc2ccccc23)CN1C. The molecule has 6 rings (SSSR count). The lowest BCUT2D eigenvalue weighted by molar-refractivity contribution is 0.515. The normalized spacial score (nSPS) is 15.8. The molecule has 3 heteroatoms. The van der Waals surface area contributed by atoms with E-state index >= 15 is 0 Å². The smallest absolute Gasteiger partial charge is 0.159 e. The van der Waals surface area contributed by atoms with Crippen molar-refractivity contribution in [2.75, 3.05) is 18.6 Å². The van der Waals surface area contributed by atoms with E-state index in [-0.39, 0.29) is 0 Å². The average molecular weight is 433 g/mol. The molecule has 0 bridgehead atoms. The van der Waals surface area contributed by atoms with Crippen LogP contribution < -0.4 is 4.90 Å². The number of allylic oxidation sites excluding steroid dienone is 4. The van der Waals surface area contributed by atoms with Gasteiger partial charge >= 0.3 is 0 Å². The molecule has 1 aliphatic heterocycles. The maximum Gasteiger partial charge on any atom is 0.159 e. The Morgan fingerprint density at radius 2 is 1.67 bits per heavy atom. The molecular weight excluding hydrogens is 404 g/mol. The third-order valence-electron chi connectivity index (χ3n) is 6.99. The van der Waals surface area contributed by atoms with Crippen molar-refractivity contribution in [2.24, 2.45) is 0 Å². The maximum atomic E-state index is 6.37. The van der Waals surface area contributed by atoms with Crippen LogP contribution in [0.15, 0.2) is 77.4 Å². The molecule has 4 aromatic rings. The molecule has 0 saturated heterocycles. The van der Waals surface area contributed by atoms with Crippen molar-refractivity contribution < 1.29 is 4.42 Å². The predicted molar refractivity (Wildman–Crippen MR) is 139 cm³/mol. The summed E-state index contributed by atoms with van der Waals surface area (Å²) in [6.45, 7) is 7.43. The van der Waals surface area contributed by atoms with Crippen molar-refractivity contribution in [2.45, 2.75) is 27.2 Å². The molecule has 0 atom stereocenters. The third kappa shape index (κ3) is 3.11. The van der Waals surface area contributed by atoms with Crippen molar-refractivity contribution in [1.29, 1.82) is 0 Å². The highest BCUT2D eigenvalue weighted by Gasteiger charge is 2.26. The molecule has 0 saturated carbocycles. The largest absolute Gasteiger partial charge is 0.454 e. The molecule has 3 aromatic carbocycles. The van der Waals surface area contributed by atoms with Crippen LogP contribution in [0, 0.1) is 20.8 Å². The second kappa shape index (κ2) is 7.41. The summed E-state index contributed by atoms with van der Waals surface area (Å²) in [5, 5.41) is 2.34. The lowest BCUT2D eigenvalue weighted by Gasteiger charge is -2.22. The Balaban J connectivity index is 1.46. The van der Waals surface area contributed by atoms with Crippen LogP contribution >= 0.6 is 0 Å². The van der Waals surface area contributed by atoms with Crippen LogP contribution in [0.2, 0.25) is 0 Å². The molecule has 0 radical (unpaired) electrons. The van der Waals surface area contributed by atoms with Crippen LogP contribution in [0.3, 0.4) is 0 Å². The first-order valence-corrected chi connectivity index (χ1v) is 11.6. The average Bonchev–Trinajstić information content (AvgIpc) is 3.52. The summed E-state index contributed by atoms with van der Waals surface area (Å²) >= 11 is 0. The number of rotatable bonds is 3. The predicted octanol–water partition coefficient (Wildman–Crippen LogP) is 7.56. The Kier molecular flexibility index (Phi) is 4.48. The first-order valence-electron chi connectivity index (χ1n) is 11.6. The first-order chi connectivity index (χ1) is 16.0. The molecule has 0 amide bonds. The molecule has 0 spiro atoms. The van der Waals surface area contributed by atoms with Crippen LogP contribution in [-0.2, 0) is 0 Å². The highest BCUT2D eigenvalue weighted by atomic mass is 16.3. The van der Waals surface area contributed by atoms with E-state index < -0.39 is 0 Å². The Labute approximate surface area is 194 Å². The zero-order valence-corrected chi connectivity index (χ0v) is 19.6. The number of fused-ring (bicyclic) bond motifs is 3. The zero-order chi connectivity index (χ0) is 22.7. The minimum atomic E-state index is 0.794. The van der Waals surface area contributed by atoms with E-state index in [0.29, 0.717) is 0 Å². The fraction of sp³-hybridized carbons (Fsp3) is 0.200. The molecule has 33 heavy (non-hydrogen) atoms. The lowest BCUT2D eigenvalue weighted by Crippen LogP contribution is -2.23. The molecule has 164 valence electrons. The van der Waals surface area contributed by atoms with E-state index in [1.165, 1.54) is 49.9 Å². The van der Waals surface area contributed by atoms with E-state index in [4.69, 9.17) is 4.42 Å². The van der Waals surface area contributed by atoms with Gasteiger partial charge in [0, 0.05) is 29.6 Å². The number of anilines is 1. The second-order valence-electron chi connectivity index (χ2n) is 9.34. The number of aryl methyl sites for hydroxylation is 3. The van der Waals surface area contributed by atoms with Crippen molar-refractivity contribution in [3.63, 3.8) is 0 Å². The number of para-hydroxylation sites is 1. The minimum absolute atomic E-state index is 0.794. The molecule has 1 aliphatic carbocycles. The minimum Gasteiger partial charge on any atom is -0.454 e. The van der Waals surface area contributed by atoms with Gasteiger partial charge in [0.05, 0.1) is 18.1 Å². The third-order valence-corrected chi connectivity index (χ3v) is 6.99. The molecule has 0 fully saturated rings. The summed E-state index contributed by atoms with van der Waals surface area (Å²) in [5.41, 5.74) is 12.2. The van der Waals surface area contributed by atoms with Gasteiger partial charge in [-0.1, -0.05) is 60.7 Å². The van der Waals surface area contributed by atoms with Gasteiger partial charge in [-0.15, -0.1) is 0 Å². The number of hydrogen-bond donors (Lipinski definition) is 0. The standard InChI is InChI=1S/C30H28N2O/c1-19-13-14-25-24-11-7-8-12-27(24)33-30(25)29(19)32-17-26(31(4)18-32)28-20(2)15-23(16-21(28)3)22-9-5-6-10-22/h5-9,11-17H,10,18H2,1-4H3. The van der Waals surface area contributed by atoms with Gasteiger partial charge in [-0.2, -0.15) is 0 Å². The Bertz CT molecular complexity index is 1490. The van der Waals surface area contributed by atoms with E-state index in [9.17, 15) is 0 Å². The van der Waals surface area contributed by atoms with Gasteiger partial charge < -0.3 is 14.2 Å². The summed E-state index contributed by atoms with van der Waals surface area (Å²) in [6.07, 6.45) is 9.92. The van der Waals surface area contributed by atoms with Crippen LogP contribution in [0.4, 0.5) is 5.69 Å². The maximum absolute atomic E-state index is 6.37. The monoisotopic (exact) mass is 432 g/mol. The summed E-state index contributed by atoms with van der Waals surface area (Å²) in [6, 6.07) is 17.4. The number of furan rings is 1. The molecule has 0 unspecified atom stereocenters. The van der Waals surface area contributed by atoms with Crippen LogP contribution in [0.25, 0.3) is 33.2 Å². The number of benzene rings is 3. The molecule has 1 aromatic heterocycles. The van der Waals surface area contributed by atoms with E-state index in [1.54, 1.807) is 0 Å².